The van der Waals surface area contributed by atoms with Gasteiger partial charge in [0.05, 0.1) is 0 Å². The van der Waals surface area contributed by atoms with Crippen molar-refractivity contribution in [3.63, 3.8) is 0 Å². The third-order valence-electron chi connectivity index (χ3n) is 2.88. The molecule has 2 aromatic carbocycles. The summed E-state index contributed by atoms with van der Waals surface area (Å²) in [6, 6.07) is 7.70. The first-order valence-corrected chi connectivity index (χ1v) is 5.73. The Morgan fingerprint density at radius 2 is 1.00 bits per heavy atom. The van der Waals surface area contributed by atoms with E-state index in [1.54, 1.807) is 18.2 Å². The van der Waals surface area contributed by atoms with Crippen LogP contribution in [0, 0.1) is 0 Å². The number of phenolic OH excluding ortho intramolecular Hbond substituents is 5. The monoisotopic (exact) mass is 292 g/mol. The fourth-order valence-corrected chi connectivity index (χ4v) is 1.76. The molecule has 7 nitrogen and oxygen atoms in total. The highest BCUT2D eigenvalue weighted by Gasteiger charge is 2.27. The quantitative estimate of drug-likeness (QED) is 0.194. The van der Waals surface area contributed by atoms with Crippen LogP contribution in [0.25, 0.3) is 11.5 Å². The molecule has 0 atom stereocenters. The lowest BCUT2D eigenvalue weighted by Crippen LogP contribution is -1.93. The van der Waals surface area contributed by atoms with Gasteiger partial charge in [-0.25, -0.2) is 0 Å². The van der Waals surface area contributed by atoms with Crippen molar-refractivity contribution >= 4 is 11.5 Å². The van der Waals surface area contributed by atoms with Gasteiger partial charge >= 0.3 is 0 Å². The van der Waals surface area contributed by atoms with E-state index in [1.807, 2.05) is 0 Å². The van der Waals surface area contributed by atoms with Gasteiger partial charge in [-0.2, -0.15) is 0 Å². The molecule has 0 bridgehead atoms. The highest BCUT2D eigenvalue weighted by molar-refractivity contribution is 5.89. The fraction of sp³-hybridized carbons (Fsp3) is 0. The number of rotatable bonds is 2. The molecular formula is C14H12O7. The zero-order chi connectivity index (χ0) is 15.7. The second-order valence-corrected chi connectivity index (χ2v) is 4.18. The predicted octanol–water partition coefficient (Wildman–Crippen LogP) is 2.16. The molecule has 0 fully saturated rings. The summed E-state index contributed by atoms with van der Waals surface area (Å²) in [6.07, 6.45) is 0. The molecule has 0 aliphatic rings. The normalized spacial score (nSPS) is 12.0. The molecule has 7 heteroatoms. The second kappa shape index (κ2) is 5.04. The summed E-state index contributed by atoms with van der Waals surface area (Å²) >= 11 is 0. The Morgan fingerprint density at radius 1 is 0.571 bits per heavy atom. The van der Waals surface area contributed by atoms with Crippen molar-refractivity contribution in [2.45, 2.75) is 0 Å². The summed E-state index contributed by atoms with van der Waals surface area (Å²) < 4.78 is 0. The molecule has 0 aliphatic carbocycles. The number of aliphatic hydroxyl groups excluding tert-OH is 2. The minimum absolute atomic E-state index is 0.167. The van der Waals surface area contributed by atoms with Gasteiger partial charge in [0.25, 0.3) is 0 Å². The first-order valence-electron chi connectivity index (χ1n) is 5.73. The smallest absolute Gasteiger partial charge is 0.208 e. The number of benzene rings is 2. The molecule has 0 aromatic heterocycles. The van der Waals surface area contributed by atoms with Crippen LogP contribution in [0.15, 0.2) is 30.3 Å². The van der Waals surface area contributed by atoms with Crippen LogP contribution in [-0.2, 0) is 0 Å². The molecule has 0 spiro atoms. The topological polar surface area (TPSA) is 142 Å². The Morgan fingerprint density at radius 3 is 1.48 bits per heavy atom. The van der Waals surface area contributed by atoms with Gasteiger partial charge in [0, 0.05) is 5.56 Å². The molecule has 0 saturated carbocycles. The van der Waals surface area contributed by atoms with Gasteiger partial charge in [-0.1, -0.05) is 30.3 Å². The van der Waals surface area contributed by atoms with Gasteiger partial charge in [-0.15, -0.1) is 0 Å². The van der Waals surface area contributed by atoms with Crippen LogP contribution in [0.3, 0.4) is 0 Å². The molecule has 0 unspecified atom stereocenters. The maximum Gasteiger partial charge on any atom is 0.208 e. The molecule has 2 rings (SSSR count). The molecule has 0 saturated heterocycles. The fourth-order valence-electron chi connectivity index (χ4n) is 1.76. The zero-order valence-electron chi connectivity index (χ0n) is 10.5. The summed E-state index contributed by atoms with van der Waals surface area (Å²) in [7, 11) is 0. The maximum atomic E-state index is 9.95. The standard InChI is InChI=1S/C14H12O7/c15-8(6-4-2-1-3-5-6)9(16)7-10(17)12(19)14(21)13(20)11(7)18/h1-5,15-21H. The van der Waals surface area contributed by atoms with Gasteiger partial charge < -0.3 is 35.7 Å². The van der Waals surface area contributed by atoms with Crippen molar-refractivity contribution in [3.05, 3.63) is 41.5 Å². The lowest BCUT2D eigenvalue weighted by Gasteiger charge is -2.13. The van der Waals surface area contributed by atoms with Gasteiger partial charge in [-0.05, 0) is 0 Å². The van der Waals surface area contributed by atoms with Crippen LogP contribution in [0.5, 0.6) is 28.7 Å². The van der Waals surface area contributed by atoms with Crippen molar-refractivity contribution in [3.8, 4) is 28.7 Å². The zero-order valence-corrected chi connectivity index (χ0v) is 10.5. The average Bonchev–Trinajstić information content (AvgIpc) is 2.51. The lowest BCUT2D eigenvalue weighted by molar-refractivity contribution is 0.324. The number of aromatic hydroxyl groups is 5. The Balaban J connectivity index is 2.73. The van der Waals surface area contributed by atoms with Gasteiger partial charge in [0.2, 0.25) is 17.2 Å². The van der Waals surface area contributed by atoms with E-state index in [-0.39, 0.29) is 5.56 Å². The first kappa shape index (κ1) is 14.2. The van der Waals surface area contributed by atoms with E-state index in [0.29, 0.717) is 0 Å². The SMILES string of the molecule is OC(=C(O)c1c(O)c(O)c(O)c(O)c1O)c1ccccc1. The molecule has 7 N–H and O–H groups in total. The molecule has 2 aromatic rings. The van der Waals surface area contributed by atoms with E-state index in [2.05, 4.69) is 0 Å². The molecule has 0 aliphatic heterocycles. The number of phenols is 5. The number of hydrogen-bond donors (Lipinski definition) is 7. The van der Waals surface area contributed by atoms with E-state index in [9.17, 15) is 35.7 Å². The maximum absolute atomic E-state index is 9.95. The summed E-state index contributed by atoms with van der Waals surface area (Å²) in [4.78, 5) is 0. The van der Waals surface area contributed by atoms with Crippen molar-refractivity contribution in [1.29, 1.82) is 0 Å². The average molecular weight is 292 g/mol. The Kier molecular flexibility index (Phi) is 3.41. The second-order valence-electron chi connectivity index (χ2n) is 4.18. The van der Waals surface area contributed by atoms with Crippen LogP contribution < -0.4 is 0 Å². The van der Waals surface area contributed by atoms with Crippen LogP contribution in [0.4, 0.5) is 0 Å². The molecular weight excluding hydrogens is 280 g/mol. The highest BCUT2D eigenvalue weighted by Crippen LogP contribution is 2.53. The third kappa shape index (κ3) is 2.20. The van der Waals surface area contributed by atoms with Crippen LogP contribution >= 0.6 is 0 Å². The van der Waals surface area contributed by atoms with Gasteiger partial charge in [-0.3, -0.25) is 0 Å². The number of hydrogen-bond acceptors (Lipinski definition) is 7. The van der Waals surface area contributed by atoms with Crippen molar-refractivity contribution in [2.24, 2.45) is 0 Å². The predicted molar refractivity (Wildman–Crippen MR) is 73.3 cm³/mol. The largest absolute Gasteiger partial charge is 0.504 e. The minimum atomic E-state index is -1.15. The minimum Gasteiger partial charge on any atom is -0.504 e. The Hall–Kier alpha value is -3.22. The Labute approximate surface area is 118 Å². The lowest BCUT2D eigenvalue weighted by atomic mass is 10.0. The number of aliphatic hydroxyl groups is 2. The molecule has 0 heterocycles. The first-order chi connectivity index (χ1) is 9.86. The molecule has 21 heavy (non-hydrogen) atoms. The molecule has 110 valence electrons. The van der Waals surface area contributed by atoms with E-state index < -0.39 is 45.8 Å². The highest BCUT2D eigenvalue weighted by atomic mass is 16.4. The van der Waals surface area contributed by atoms with E-state index in [4.69, 9.17) is 0 Å². The van der Waals surface area contributed by atoms with Crippen molar-refractivity contribution < 1.29 is 35.7 Å². The Bertz CT molecular complexity index is 691. The summed E-state index contributed by atoms with van der Waals surface area (Å²) in [5.41, 5.74) is -0.648. The van der Waals surface area contributed by atoms with Crippen LogP contribution in [-0.4, -0.2) is 35.7 Å². The van der Waals surface area contributed by atoms with Gasteiger partial charge in [0.1, 0.15) is 5.56 Å². The molecule has 0 radical (unpaired) electrons. The third-order valence-corrected chi connectivity index (χ3v) is 2.88. The molecule has 0 amide bonds. The summed E-state index contributed by atoms with van der Waals surface area (Å²) in [5.74, 6) is -7.32. The summed E-state index contributed by atoms with van der Waals surface area (Å²) in [5, 5.41) is 67.3. The van der Waals surface area contributed by atoms with Crippen LogP contribution in [0.1, 0.15) is 11.1 Å². The van der Waals surface area contributed by atoms with Crippen molar-refractivity contribution in [2.75, 3.05) is 0 Å². The summed E-state index contributed by atoms with van der Waals surface area (Å²) in [6.45, 7) is 0. The van der Waals surface area contributed by atoms with Gasteiger partial charge in [0.15, 0.2) is 23.0 Å². The van der Waals surface area contributed by atoms with Crippen molar-refractivity contribution in [1.82, 2.24) is 0 Å². The van der Waals surface area contributed by atoms with E-state index >= 15 is 0 Å². The van der Waals surface area contributed by atoms with E-state index in [1.165, 1.54) is 12.1 Å². The van der Waals surface area contributed by atoms with Crippen LogP contribution in [0.2, 0.25) is 0 Å². The van der Waals surface area contributed by atoms with E-state index in [0.717, 1.165) is 0 Å².